The van der Waals surface area contributed by atoms with E-state index in [0.717, 1.165) is 5.39 Å². The molecule has 0 spiro atoms. The number of hydrogen-bond acceptors (Lipinski definition) is 5. The van der Waals surface area contributed by atoms with Gasteiger partial charge >= 0.3 is 0 Å². The Balaban J connectivity index is 1.50. The molecule has 2 N–H and O–H groups in total. The van der Waals surface area contributed by atoms with Crippen LogP contribution in [-0.4, -0.2) is 49.4 Å². The van der Waals surface area contributed by atoms with E-state index in [1.54, 1.807) is 41.2 Å². The van der Waals surface area contributed by atoms with Crippen molar-refractivity contribution in [3.8, 4) is 0 Å². The molecule has 1 unspecified atom stereocenters. The van der Waals surface area contributed by atoms with Crippen LogP contribution in [0.1, 0.15) is 16.8 Å². The smallest absolute Gasteiger partial charge is 0.253 e. The van der Waals surface area contributed by atoms with Crippen LogP contribution < -0.4 is 10.2 Å². The van der Waals surface area contributed by atoms with E-state index in [2.05, 4.69) is 25.6 Å². The molecule has 0 saturated carbocycles. The van der Waals surface area contributed by atoms with Crippen molar-refractivity contribution in [3.63, 3.8) is 0 Å². The maximum atomic E-state index is 12.4. The molecule has 1 aliphatic heterocycles. The molecule has 3 aromatic rings. The Hall–Kier alpha value is -3.23. The Kier molecular flexibility index (Phi) is 3.26. The molecule has 0 aliphatic carbocycles. The monoisotopic (exact) mass is 325 g/mol. The number of pyridine rings is 1. The Bertz CT molecular complexity index is 915. The van der Waals surface area contributed by atoms with Crippen LogP contribution in [0, 0.1) is 0 Å². The Morgan fingerprint density at radius 2 is 2.29 bits per heavy atom. The Morgan fingerprint density at radius 1 is 1.42 bits per heavy atom. The van der Waals surface area contributed by atoms with E-state index < -0.39 is 6.04 Å². The second-order valence-electron chi connectivity index (χ2n) is 5.65. The molecule has 1 saturated heterocycles. The zero-order chi connectivity index (χ0) is 16.7. The van der Waals surface area contributed by atoms with Crippen molar-refractivity contribution < 1.29 is 9.59 Å². The number of nitrogens with zero attached hydrogens (tertiary/aromatic N) is 5. The van der Waals surface area contributed by atoms with Gasteiger partial charge in [-0.2, -0.15) is 10.2 Å². The fourth-order valence-corrected chi connectivity index (χ4v) is 2.86. The normalized spacial score (nSPS) is 17.6. The SMILES string of the molecule is Cn1ncc2cc(C(=O)NC3CCN(c4ccn[nH]4)C3=O)cnc21. The van der Waals surface area contributed by atoms with Crippen LogP contribution in [0.2, 0.25) is 0 Å². The van der Waals surface area contributed by atoms with E-state index in [1.165, 1.54) is 6.20 Å². The first-order valence-corrected chi connectivity index (χ1v) is 7.53. The highest BCUT2D eigenvalue weighted by Crippen LogP contribution is 2.19. The fourth-order valence-electron chi connectivity index (χ4n) is 2.86. The van der Waals surface area contributed by atoms with Crippen LogP contribution >= 0.6 is 0 Å². The van der Waals surface area contributed by atoms with Gasteiger partial charge in [-0.1, -0.05) is 0 Å². The first-order chi connectivity index (χ1) is 11.6. The van der Waals surface area contributed by atoms with Crippen molar-refractivity contribution in [3.05, 3.63) is 36.3 Å². The van der Waals surface area contributed by atoms with Crippen LogP contribution in [-0.2, 0) is 11.8 Å². The van der Waals surface area contributed by atoms with Crippen LogP contribution in [0.15, 0.2) is 30.7 Å². The molecule has 4 heterocycles. The molecule has 24 heavy (non-hydrogen) atoms. The van der Waals surface area contributed by atoms with E-state index in [0.29, 0.717) is 30.0 Å². The minimum absolute atomic E-state index is 0.150. The summed E-state index contributed by atoms with van der Waals surface area (Å²) in [6.07, 6.45) is 5.28. The maximum absolute atomic E-state index is 12.4. The summed E-state index contributed by atoms with van der Waals surface area (Å²) in [5.74, 6) is 0.163. The summed E-state index contributed by atoms with van der Waals surface area (Å²) >= 11 is 0. The number of carbonyl (C=O) groups is 2. The summed E-state index contributed by atoms with van der Waals surface area (Å²) in [7, 11) is 1.79. The lowest BCUT2D eigenvalue weighted by Gasteiger charge is -2.15. The van der Waals surface area contributed by atoms with Gasteiger partial charge in [0.15, 0.2) is 5.65 Å². The van der Waals surface area contributed by atoms with Gasteiger partial charge < -0.3 is 5.32 Å². The van der Waals surface area contributed by atoms with Gasteiger partial charge in [0.1, 0.15) is 11.9 Å². The lowest BCUT2D eigenvalue weighted by molar-refractivity contribution is -0.118. The summed E-state index contributed by atoms with van der Waals surface area (Å²) in [4.78, 5) is 30.7. The number of rotatable bonds is 3. The number of H-pyrrole nitrogens is 1. The number of hydrogen-bond donors (Lipinski definition) is 2. The van der Waals surface area contributed by atoms with Gasteiger partial charge in [-0.15, -0.1) is 0 Å². The van der Waals surface area contributed by atoms with E-state index in [9.17, 15) is 9.59 Å². The summed E-state index contributed by atoms with van der Waals surface area (Å²) < 4.78 is 1.64. The van der Waals surface area contributed by atoms with E-state index in [-0.39, 0.29) is 11.8 Å². The average molecular weight is 325 g/mol. The maximum Gasteiger partial charge on any atom is 0.253 e. The van der Waals surface area contributed by atoms with E-state index >= 15 is 0 Å². The molecular formula is C15H15N7O2. The lowest BCUT2D eigenvalue weighted by Crippen LogP contribution is -2.41. The highest BCUT2D eigenvalue weighted by Gasteiger charge is 2.34. The predicted molar refractivity (Wildman–Crippen MR) is 85.3 cm³/mol. The molecule has 1 aliphatic rings. The summed E-state index contributed by atoms with van der Waals surface area (Å²) in [6.45, 7) is 0.534. The van der Waals surface area contributed by atoms with Gasteiger partial charge in [0.05, 0.1) is 18.0 Å². The minimum atomic E-state index is -0.551. The highest BCUT2D eigenvalue weighted by molar-refractivity contribution is 6.04. The minimum Gasteiger partial charge on any atom is -0.340 e. The molecule has 2 amide bonds. The molecule has 0 bridgehead atoms. The molecule has 4 rings (SSSR count). The number of carbonyl (C=O) groups excluding carboxylic acids is 2. The Morgan fingerprint density at radius 3 is 3.08 bits per heavy atom. The summed E-state index contributed by atoms with van der Waals surface area (Å²) in [5.41, 5.74) is 1.11. The quantitative estimate of drug-likeness (QED) is 0.716. The molecule has 9 heteroatoms. The zero-order valence-electron chi connectivity index (χ0n) is 12.9. The standard InChI is InChI=1S/C15H15N7O2/c1-21-13-9(8-18-21)6-10(7-16-13)14(23)19-11-3-5-22(15(11)24)12-2-4-17-20-12/h2,4,6-8,11H,3,5H2,1H3,(H,17,20)(H,19,23). The van der Waals surface area contributed by atoms with Gasteiger partial charge in [0.2, 0.25) is 0 Å². The van der Waals surface area contributed by atoms with E-state index in [1.807, 2.05) is 0 Å². The number of aromatic amines is 1. The molecule has 9 nitrogen and oxygen atoms in total. The molecule has 3 aromatic heterocycles. The number of amides is 2. The topological polar surface area (TPSA) is 109 Å². The van der Waals surface area contributed by atoms with Crippen LogP contribution in [0.4, 0.5) is 5.82 Å². The number of aryl methyl sites for hydroxylation is 1. The molecule has 0 aromatic carbocycles. The second-order valence-corrected chi connectivity index (χ2v) is 5.65. The number of aromatic nitrogens is 5. The second kappa shape index (κ2) is 5.44. The zero-order valence-corrected chi connectivity index (χ0v) is 12.9. The van der Waals surface area contributed by atoms with Gasteiger partial charge in [-0.25, -0.2) is 4.98 Å². The molecule has 1 atom stereocenters. The van der Waals surface area contributed by atoms with Crippen molar-refractivity contribution >= 4 is 28.7 Å². The number of anilines is 1. The van der Waals surface area contributed by atoms with Gasteiger partial charge in [0.25, 0.3) is 11.8 Å². The first kappa shape index (κ1) is 14.4. The van der Waals surface area contributed by atoms with Crippen molar-refractivity contribution in [2.75, 3.05) is 11.4 Å². The molecule has 0 radical (unpaired) electrons. The van der Waals surface area contributed by atoms with Gasteiger partial charge in [0, 0.05) is 31.2 Å². The van der Waals surface area contributed by atoms with Crippen LogP contribution in [0.5, 0.6) is 0 Å². The number of fused-ring (bicyclic) bond motifs is 1. The predicted octanol–water partition coefficient (Wildman–Crippen LogP) is 0.227. The third kappa shape index (κ3) is 2.30. The van der Waals surface area contributed by atoms with Gasteiger partial charge in [-0.05, 0) is 12.5 Å². The molecular weight excluding hydrogens is 310 g/mol. The van der Waals surface area contributed by atoms with Crippen molar-refractivity contribution in [2.24, 2.45) is 7.05 Å². The average Bonchev–Trinajstić information content (AvgIpc) is 3.30. The van der Waals surface area contributed by atoms with Gasteiger partial charge in [-0.3, -0.25) is 24.3 Å². The van der Waals surface area contributed by atoms with Crippen LogP contribution in [0.3, 0.4) is 0 Å². The lowest BCUT2D eigenvalue weighted by atomic mass is 10.2. The summed E-state index contributed by atoms with van der Waals surface area (Å²) in [5, 5.41) is 14.3. The molecule has 1 fully saturated rings. The largest absolute Gasteiger partial charge is 0.340 e. The first-order valence-electron chi connectivity index (χ1n) is 7.53. The molecule has 122 valence electrons. The van der Waals surface area contributed by atoms with Crippen molar-refractivity contribution in [1.82, 2.24) is 30.3 Å². The van der Waals surface area contributed by atoms with Crippen molar-refractivity contribution in [1.29, 1.82) is 0 Å². The summed E-state index contributed by atoms with van der Waals surface area (Å²) in [6, 6.07) is 2.89. The van der Waals surface area contributed by atoms with Crippen LogP contribution in [0.25, 0.3) is 11.0 Å². The third-order valence-electron chi connectivity index (χ3n) is 4.12. The Labute approximate surface area is 136 Å². The highest BCUT2D eigenvalue weighted by atomic mass is 16.2. The third-order valence-corrected chi connectivity index (χ3v) is 4.12. The number of nitrogens with one attached hydrogen (secondary N) is 2. The fraction of sp³-hybridized carbons (Fsp3) is 0.267. The van der Waals surface area contributed by atoms with E-state index in [4.69, 9.17) is 0 Å². The van der Waals surface area contributed by atoms with Crippen molar-refractivity contribution in [2.45, 2.75) is 12.5 Å².